The van der Waals surface area contributed by atoms with Gasteiger partial charge in [0.05, 0.1) is 30.1 Å². The number of ketones is 1. The predicted octanol–water partition coefficient (Wildman–Crippen LogP) is 2.53. The van der Waals surface area contributed by atoms with Crippen LogP contribution in [0.3, 0.4) is 0 Å². The van der Waals surface area contributed by atoms with E-state index in [-0.39, 0.29) is 11.1 Å². The lowest BCUT2D eigenvalue weighted by atomic mass is 9.44. The molecule has 0 radical (unpaired) electrons. The first-order chi connectivity index (χ1) is 26.2. The Bertz CT molecular complexity index is 1880. The molecule has 17 nitrogen and oxygen atoms in total. The molecule has 10 unspecified atom stereocenters. The Morgan fingerprint density at radius 2 is 1.53 bits per heavy atom. The number of nitrogens with one attached hydrogen (secondary N) is 1. The van der Waals surface area contributed by atoms with Crippen molar-refractivity contribution in [3.05, 3.63) is 11.1 Å². The van der Waals surface area contributed by atoms with E-state index in [1.807, 2.05) is 0 Å². The third-order valence-corrected chi connectivity index (χ3v) is 13.6. The third kappa shape index (κ3) is 8.20. The lowest BCUT2D eigenvalue weighted by molar-refractivity contribution is -0.345. The summed E-state index contributed by atoms with van der Waals surface area (Å²) in [6, 6.07) is -0.950. The van der Waals surface area contributed by atoms with Gasteiger partial charge in [-0.3, -0.25) is 28.2 Å². The monoisotopic (exact) mass is 871 g/mol. The predicted molar refractivity (Wildman–Crippen MR) is 194 cm³/mol. The van der Waals surface area contributed by atoms with Crippen LogP contribution in [-0.4, -0.2) is 123 Å². The highest BCUT2D eigenvalue weighted by atomic mass is 32.2. The van der Waals surface area contributed by atoms with Crippen molar-refractivity contribution in [2.45, 2.75) is 154 Å². The molecule has 2 bridgehead atoms. The number of fused-ring (bicyclic) bond motifs is 5. The molecule has 0 spiro atoms. The summed E-state index contributed by atoms with van der Waals surface area (Å²) < 4.78 is 107. The Hall–Kier alpha value is -3.44. The smallest absolute Gasteiger partial charge is 0.459 e. The minimum absolute atomic E-state index is 0.0286. The molecule has 2 saturated carbocycles. The lowest BCUT2D eigenvalue weighted by Gasteiger charge is -2.67. The second kappa shape index (κ2) is 15.5. The van der Waals surface area contributed by atoms with Crippen LogP contribution in [0.2, 0.25) is 19.6 Å². The topological polar surface area (TPSA) is 233 Å². The maximum atomic E-state index is 15.5. The van der Waals surface area contributed by atoms with E-state index in [1.54, 1.807) is 19.6 Å². The van der Waals surface area contributed by atoms with Gasteiger partial charge in [-0.2, -0.15) is 21.6 Å². The summed E-state index contributed by atoms with van der Waals surface area (Å²) in [6.45, 7) is 15.5. The van der Waals surface area contributed by atoms with Gasteiger partial charge in [0.15, 0.2) is 31.9 Å². The highest BCUT2D eigenvalue weighted by Crippen LogP contribution is 2.65. The first kappa shape index (κ1) is 47.2. The number of halogens is 3. The number of ether oxygens (including phenoxy) is 5. The Kier molecular flexibility index (Phi) is 12.7. The van der Waals surface area contributed by atoms with Crippen LogP contribution < -0.4 is 5.32 Å². The molecule has 1 amide bonds. The van der Waals surface area contributed by atoms with Crippen LogP contribution in [0.15, 0.2) is 11.1 Å². The minimum atomic E-state index is -6.50. The first-order valence-corrected chi connectivity index (χ1v) is 23.3. The van der Waals surface area contributed by atoms with E-state index in [4.69, 9.17) is 32.3 Å². The number of esters is 4. The van der Waals surface area contributed by atoms with E-state index in [0.29, 0.717) is 0 Å². The quantitative estimate of drug-likeness (QED) is 0.0758. The number of hydrogen-bond donors (Lipinski definition) is 2. The molecule has 1 saturated heterocycles. The number of carbonyl (C=O) groups is 6. The number of rotatable bonds is 11. The largest absolute Gasteiger partial charge is 0.523 e. The molecule has 1 heterocycles. The van der Waals surface area contributed by atoms with Crippen molar-refractivity contribution in [2.24, 2.45) is 16.7 Å². The average molecular weight is 872 g/mol. The highest BCUT2D eigenvalue weighted by molar-refractivity contribution is 7.87. The molecule has 0 aromatic carbocycles. The summed E-state index contributed by atoms with van der Waals surface area (Å²) >= 11 is 0. The van der Waals surface area contributed by atoms with E-state index in [0.717, 1.165) is 27.7 Å². The summed E-state index contributed by atoms with van der Waals surface area (Å²) in [7, 11) is -9.06. The van der Waals surface area contributed by atoms with Gasteiger partial charge in [-0.1, -0.05) is 13.8 Å². The standard InChI is InChI=1S/C36H52F3NO16SSi/c1-16-22(53-31(46)26(56-58(10,11)12)17(2)40-18(3)41)14-35(47)30(52-20(5)43)28-33(9,29(45)27(51-19(4)42)25(16)32(35,7)8)23(55-57(48,49)36(37,38)39)13-24-34(28,15-50-24)54-21(6)44/h17,22-24,26-28,30,47H,13-15H2,1-12H3,(H,40,41)/t17?,22?,23?,24?,26?,27?,28?,30?,33-,34?,35?/m1/s1. The third-order valence-electron chi connectivity index (χ3n) is 11.6. The maximum absolute atomic E-state index is 15.5. The number of alkyl halides is 3. The van der Waals surface area contributed by atoms with E-state index >= 15 is 4.79 Å². The Balaban J connectivity index is 2.11. The van der Waals surface area contributed by atoms with Gasteiger partial charge in [0, 0.05) is 46.0 Å². The van der Waals surface area contributed by atoms with Crippen LogP contribution >= 0.6 is 0 Å². The molecule has 1 aliphatic heterocycles. The fraction of sp³-hybridized carbons (Fsp3) is 0.778. The molecule has 2 N–H and O–H groups in total. The summed E-state index contributed by atoms with van der Waals surface area (Å²) in [5.41, 5.74) is -15.4. The van der Waals surface area contributed by atoms with Crippen molar-refractivity contribution in [1.82, 2.24) is 5.32 Å². The SMILES string of the molecule is CC(=O)NC(C)C(O[Si](C)(C)C)C(=O)OC1CC2(O)C(OC(C)=O)C3C4(OC(C)=O)COC4CC(OS(=O)(=O)C(F)(F)F)[C@@]3(C)C(=O)C(OC(C)=O)C(=C1C)C2(C)C. The molecular formula is C36H52F3NO16SSi. The molecule has 58 heavy (non-hydrogen) atoms. The number of amides is 1. The van der Waals surface area contributed by atoms with Crippen molar-refractivity contribution in [3.8, 4) is 0 Å². The minimum Gasteiger partial charge on any atom is -0.459 e. The number of aliphatic hydroxyl groups is 1. The molecule has 3 aliphatic carbocycles. The zero-order valence-electron chi connectivity index (χ0n) is 34.4. The van der Waals surface area contributed by atoms with E-state index in [2.05, 4.69) is 5.32 Å². The molecule has 11 atom stereocenters. The van der Waals surface area contributed by atoms with Crippen LogP contribution in [0.1, 0.15) is 75.2 Å². The summed E-state index contributed by atoms with van der Waals surface area (Å²) in [5.74, 6) is -7.98. The van der Waals surface area contributed by atoms with E-state index < -0.39 is 150 Å². The van der Waals surface area contributed by atoms with Crippen LogP contribution in [0.25, 0.3) is 0 Å². The van der Waals surface area contributed by atoms with Crippen LogP contribution in [-0.2, 0) is 71.2 Å². The second-order valence-electron chi connectivity index (χ2n) is 17.1. The lowest BCUT2D eigenvalue weighted by Crippen LogP contribution is -2.82. The van der Waals surface area contributed by atoms with E-state index in [9.17, 15) is 50.7 Å². The van der Waals surface area contributed by atoms with Gasteiger partial charge in [-0.15, -0.1) is 0 Å². The maximum Gasteiger partial charge on any atom is 0.523 e. The van der Waals surface area contributed by atoms with Gasteiger partial charge >= 0.3 is 39.5 Å². The Labute approximate surface area is 335 Å². The summed E-state index contributed by atoms with van der Waals surface area (Å²) in [5, 5.41) is 16.0. The van der Waals surface area contributed by atoms with Crippen molar-refractivity contribution in [3.63, 3.8) is 0 Å². The van der Waals surface area contributed by atoms with Crippen LogP contribution in [0.4, 0.5) is 13.2 Å². The van der Waals surface area contributed by atoms with Gasteiger partial charge in [-0.25, -0.2) is 4.79 Å². The normalized spacial score (nSPS) is 34.4. The van der Waals surface area contributed by atoms with Gasteiger partial charge in [-0.05, 0) is 51.6 Å². The number of hydrogen-bond acceptors (Lipinski definition) is 16. The van der Waals surface area contributed by atoms with E-state index in [1.165, 1.54) is 34.6 Å². The molecule has 0 aromatic heterocycles. The second-order valence-corrected chi connectivity index (χ2v) is 23.2. The zero-order valence-corrected chi connectivity index (χ0v) is 36.2. The fourth-order valence-corrected chi connectivity index (χ4v) is 10.9. The molecule has 3 fully saturated rings. The van der Waals surface area contributed by atoms with Gasteiger partial charge < -0.3 is 38.5 Å². The summed E-state index contributed by atoms with van der Waals surface area (Å²) in [4.78, 5) is 80.5. The van der Waals surface area contributed by atoms with Crippen LogP contribution in [0, 0.1) is 16.7 Å². The van der Waals surface area contributed by atoms with Crippen molar-refractivity contribution < 1.29 is 87.8 Å². The van der Waals surface area contributed by atoms with Gasteiger partial charge in [0.1, 0.15) is 23.9 Å². The first-order valence-electron chi connectivity index (χ1n) is 18.5. The molecule has 328 valence electrons. The molecule has 4 aliphatic rings. The molecular weight excluding hydrogens is 820 g/mol. The van der Waals surface area contributed by atoms with Crippen molar-refractivity contribution in [2.75, 3.05) is 6.61 Å². The number of carbonyl (C=O) groups excluding carboxylic acids is 6. The zero-order chi connectivity index (χ0) is 44.5. The van der Waals surface area contributed by atoms with Crippen molar-refractivity contribution in [1.29, 1.82) is 0 Å². The van der Waals surface area contributed by atoms with Gasteiger partial charge in [0.2, 0.25) is 5.91 Å². The average Bonchev–Trinajstić information content (AvgIpc) is 3.02. The Morgan fingerprint density at radius 1 is 0.966 bits per heavy atom. The number of Topliss-reactive ketones (excluding diaryl/α,β-unsaturated/α-hetero) is 1. The van der Waals surface area contributed by atoms with Crippen molar-refractivity contribution >= 4 is 54.0 Å². The van der Waals surface area contributed by atoms with Crippen LogP contribution in [0.5, 0.6) is 0 Å². The van der Waals surface area contributed by atoms with Gasteiger partial charge in [0.25, 0.3) is 0 Å². The fourth-order valence-electron chi connectivity index (χ4n) is 9.10. The molecule has 4 rings (SSSR count). The summed E-state index contributed by atoms with van der Waals surface area (Å²) in [6.07, 6.45) is -12.5. The molecule has 0 aromatic rings. The Morgan fingerprint density at radius 3 is 1.98 bits per heavy atom. The highest BCUT2D eigenvalue weighted by Gasteiger charge is 2.79. The molecule has 22 heteroatoms.